The highest BCUT2D eigenvalue weighted by atomic mass is 35.5. The summed E-state index contributed by atoms with van der Waals surface area (Å²) in [5.41, 5.74) is 0.598. The van der Waals surface area contributed by atoms with Crippen LogP contribution in [-0.4, -0.2) is 29.0 Å². The average Bonchev–Trinajstić information content (AvgIpc) is 2.34. The number of halogens is 3. The Bertz CT molecular complexity index is 603. The van der Waals surface area contributed by atoms with Gasteiger partial charge in [0.15, 0.2) is 0 Å². The molecule has 1 heterocycles. The molecule has 0 spiro atoms. The molecule has 100 valence electrons. The Balaban J connectivity index is 2.35. The number of nitrogens with zero attached hydrogens (tertiary/aromatic N) is 4. The van der Waals surface area contributed by atoms with Gasteiger partial charge in [-0.2, -0.15) is 15.0 Å². The molecular weight excluding hydrogens is 309 g/mol. The fraction of sp³-hybridized carbons (Fsp3) is 0.182. The van der Waals surface area contributed by atoms with Crippen LogP contribution in [0.15, 0.2) is 18.2 Å². The normalized spacial score (nSPS) is 10.4. The van der Waals surface area contributed by atoms with Gasteiger partial charge >= 0.3 is 0 Å². The van der Waals surface area contributed by atoms with E-state index in [9.17, 15) is 0 Å². The van der Waals surface area contributed by atoms with Crippen molar-refractivity contribution in [2.24, 2.45) is 0 Å². The quantitative estimate of drug-likeness (QED) is 0.936. The third-order valence-corrected chi connectivity index (χ3v) is 3.18. The van der Waals surface area contributed by atoms with Crippen LogP contribution in [0.25, 0.3) is 0 Å². The molecule has 0 fully saturated rings. The van der Waals surface area contributed by atoms with Crippen molar-refractivity contribution in [2.45, 2.75) is 0 Å². The van der Waals surface area contributed by atoms with Crippen LogP contribution in [0.4, 0.5) is 17.6 Å². The average molecular weight is 319 g/mol. The van der Waals surface area contributed by atoms with E-state index in [0.29, 0.717) is 27.6 Å². The van der Waals surface area contributed by atoms with Gasteiger partial charge in [-0.25, -0.2) is 0 Å². The first-order valence-electron chi connectivity index (χ1n) is 5.27. The number of nitrogens with one attached hydrogen (secondary N) is 1. The second-order valence-electron chi connectivity index (χ2n) is 3.85. The molecule has 0 aliphatic heterocycles. The Hall–Kier alpha value is -1.30. The van der Waals surface area contributed by atoms with Crippen LogP contribution in [0, 0.1) is 0 Å². The molecule has 1 N–H and O–H groups in total. The van der Waals surface area contributed by atoms with Crippen molar-refractivity contribution in [1.82, 2.24) is 15.0 Å². The summed E-state index contributed by atoms with van der Waals surface area (Å²) in [5, 5.41) is 3.90. The molecule has 0 bridgehead atoms. The van der Waals surface area contributed by atoms with Gasteiger partial charge < -0.3 is 10.2 Å². The highest BCUT2D eigenvalue weighted by molar-refractivity contribution is 6.43. The molecule has 0 saturated carbocycles. The van der Waals surface area contributed by atoms with Gasteiger partial charge in [0.1, 0.15) is 0 Å². The number of anilines is 3. The second kappa shape index (κ2) is 5.77. The predicted octanol–water partition coefficient (Wildman–Crippen LogP) is 3.64. The maximum absolute atomic E-state index is 6.08. The van der Waals surface area contributed by atoms with E-state index in [1.165, 1.54) is 0 Å². The van der Waals surface area contributed by atoms with Crippen LogP contribution >= 0.6 is 34.8 Å². The molecule has 1 aromatic heterocycles. The lowest BCUT2D eigenvalue weighted by Crippen LogP contribution is -2.14. The minimum atomic E-state index is 0.0966. The Morgan fingerprint density at radius 1 is 1.05 bits per heavy atom. The van der Waals surface area contributed by atoms with Crippen LogP contribution in [0.5, 0.6) is 0 Å². The Kier molecular flexibility index (Phi) is 4.29. The minimum Gasteiger partial charge on any atom is -0.347 e. The lowest BCUT2D eigenvalue weighted by atomic mass is 10.3. The standard InChI is InChI=1S/C11H10Cl3N5/c1-19(2)11-17-9(14)16-10(18-11)15-7-5-3-4-6(12)8(7)13/h3-5H,1-2H3,(H,15,16,17,18). The molecule has 8 heteroatoms. The number of hydrogen-bond acceptors (Lipinski definition) is 5. The fourth-order valence-electron chi connectivity index (χ4n) is 1.32. The monoisotopic (exact) mass is 317 g/mol. The first-order valence-corrected chi connectivity index (χ1v) is 6.40. The number of benzene rings is 1. The second-order valence-corrected chi connectivity index (χ2v) is 4.97. The van der Waals surface area contributed by atoms with E-state index in [-0.39, 0.29) is 5.28 Å². The van der Waals surface area contributed by atoms with Crippen LogP contribution < -0.4 is 10.2 Å². The lowest BCUT2D eigenvalue weighted by Gasteiger charge is -2.12. The Morgan fingerprint density at radius 2 is 1.79 bits per heavy atom. The molecular formula is C11H10Cl3N5. The van der Waals surface area contributed by atoms with E-state index < -0.39 is 0 Å². The Morgan fingerprint density at radius 3 is 2.47 bits per heavy atom. The minimum absolute atomic E-state index is 0.0966. The van der Waals surface area contributed by atoms with Crippen molar-refractivity contribution < 1.29 is 0 Å². The summed E-state index contributed by atoms with van der Waals surface area (Å²) in [6.45, 7) is 0. The van der Waals surface area contributed by atoms with E-state index in [1.54, 1.807) is 23.1 Å². The molecule has 0 aliphatic carbocycles. The van der Waals surface area contributed by atoms with Gasteiger partial charge in [0, 0.05) is 14.1 Å². The summed E-state index contributed by atoms with van der Waals surface area (Å²) < 4.78 is 0. The summed E-state index contributed by atoms with van der Waals surface area (Å²) in [7, 11) is 3.61. The van der Waals surface area contributed by atoms with E-state index in [2.05, 4.69) is 20.3 Å². The van der Waals surface area contributed by atoms with E-state index in [4.69, 9.17) is 34.8 Å². The molecule has 0 radical (unpaired) electrons. The fourth-order valence-corrected chi connectivity index (χ4v) is 1.82. The van der Waals surface area contributed by atoms with Crippen molar-refractivity contribution >= 4 is 52.4 Å². The van der Waals surface area contributed by atoms with Crippen LogP contribution in [-0.2, 0) is 0 Å². The summed E-state index contributed by atoms with van der Waals surface area (Å²) in [6.07, 6.45) is 0. The zero-order valence-corrected chi connectivity index (χ0v) is 12.4. The number of aromatic nitrogens is 3. The molecule has 0 saturated heterocycles. The van der Waals surface area contributed by atoms with E-state index in [1.807, 2.05) is 14.1 Å². The van der Waals surface area contributed by atoms with Gasteiger partial charge in [-0.05, 0) is 23.7 Å². The van der Waals surface area contributed by atoms with Crippen molar-refractivity contribution in [3.05, 3.63) is 33.5 Å². The molecule has 1 aromatic carbocycles. The van der Waals surface area contributed by atoms with Crippen LogP contribution in [0.3, 0.4) is 0 Å². The maximum atomic E-state index is 6.08. The molecule has 0 amide bonds. The van der Waals surface area contributed by atoms with Gasteiger partial charge in [-0.15, -0.1) is 0 Å². The topological polar surface area (TPSA) is 53.9 Å². The molecule has 2 rings (SSSR count). The first-order chi connectivity index (χ1) is 8.97. The van der Waals surface area contributed by atoms with Gasteiger partial charge in [-0.3, -0.25) is 0 Å². The van der Waals surface area contributed by atoms with Gasteiger partial charge in [-0.1, -0.05) is 29.3 Å². The van der Waals surface area contributed by atoms with Crippen molar-refractivity contribution in [3.63, 3.8) is 0 Å². The summed E-state index contributed by atoms with van der Waals surface area (Å²) >= 11 is 17.9. The molecule has 0 atom stereocenters. The molecule has 0 unspecified atom stereocenters. The third-order valence-electron chi connectivity index (χ3n) is 2.19. The zero-order chi connectivity index (χ0) is 14.0. The van der Waals surface area contributed by atoms with Crippen LogP contribution in [0.2, 0.25) is 15.3 Å². The largest absolute Gasteiger partial charge is 0.347 e. The summed E-state index contributed by atoms with van der Waals surface area (Å²) in [6, 6.07) is 5.23. The molecule has 5 nitrogen and oxygen atoms in total. The predicted molar refractivity (Wildman–Crippen MR) is 78.9 cm³/mol. The number of rotatable bonds is 3. The van der Waals surface area contributed by atoms with E-state index >= 15 is 0 Å². The highest BCUT2D eigenvalue weighted by Crippen LogP contribution is 2.31. The van der Waals surface area contributed by atoms with Crippen molar-refractivity contribution in [1.29, 1.82) is 0 Å². The van der Waals surface area contributed by atoms with E-state index in [0.717, 1.165) is 0 Å². The first kappa shape index (κ1) is 14.1. The van der Waals surface area contributed by atoms with Gasteiger partial charge in [0.2, 0.25) is 17.2 Å². The zero-order valence-electron chi connectivity index (χ0n) is 10.2. The number of hydrogen-bond donors (Lipinski definition) is 1. The van der Waals surface area contributed by atoms with Gasteiger partial charge in [0.25, 0.3) is 0 Å². The smallest absolute Gasteiger partial charge is 0.233 e. The van der Waals surface area contributed by atoms with Crippen LogP contribution in [0.1, 0.15) is 0 Å². The molecule has 0 aliphatic rings. The third kappa shape index (κ3) is 3.37. The SMILES string of the molecule is CN(C)c1nc(Cl)nc(Nc2cccc(Cl)c2Cl)n1. The molecule has 19 heavy (non-hydrogen) atoms. The maximum Gasteiger partial charge on any atom is 0.233 e. The van der Waals surface area contributed by atoms with Gasteiger partial charge in [0.05, 0.1) is 15.7 Å². The summed E-state index contributed by atoms with van der Waals surface area (Å²) in [5.74, 6) is 0.744. The van der Waals surface area contributed by atoms with Crippen molar-refractivity contribution in [2.75, 3.05) is 24.3 Å². The van der Waals surface area contributed by atoms with Crippen molar-refractivity contribution in [3.8, 4) is 0 Å². The highest BCUT2D eigenvalue weighted by Gasteiger charge is 2.09. The Labute approximate surface area is 125 Å². The summed E-state index contributed by atoms with van der Waals surface area (Å²) in [4.78, 5) is 13.9. The lowest BCUT2D eigenvalue weighted by molar-refractivity contribution is 0.961. The molecule has 2 aromatic rings.